The summed E-state index contributed by atoms with van der Waals surface area (Å²) in [5.74, 6) is 0. The van der Waals surface area contributed by atoms with Gasteiger partial charge in [-0.1, -0.05) is 6.92 Å². The topological polar surface area (TPSA) is 41.6 Å². The molecule has 15 heavy (non-hydrogen) atoms. The van der Waals surface area contributed by atoms with Crippen LogP contribution in [0.4, 0.5) is 0 Å². The van der Waals surface area contributed by atoms with Crippen LogP contribution in [-0.4, -0.2) is 49.7 Å². The number of carbonyl (C=O) groups excluding carboxylic acids is 1. The molecular weight excluding hydrogens is 192 g/mol. The van der Waals surface area contributed by atoms with E-state index in [-0.39, 0.29) is 5.60 Å². The second-order valence-corrected chi connectivity index (χ2v) is 4.51. The number of nitrogens with zero attached hydrogens (tertiary/aromatic N) is 1. The molecule has 0 atom stereocenters. The predicted molar refractivity (Wildman–Crippen MR) is 61.9 cm³/mol. The summed E-state index contributed by atoms with van der Waals surface area (Å²) in [5, 5.41) is 3.31. The van der Waals surface area contributed by atoms with Crippen LogP contribution in [0.25, 0.3) is 0 Å². The molecule has 0 radical (unpaired) electrons. The summed E-state index contributed by atoms with van der Waals surface area (Å²) in [7, 11) is 0. The van der Waals surface area contributed by atoms with Gasteiger partial charge in [0.2, 0.25) is 0 Å². The molecule has 1 fully saturated rings. The Bertz CT molecular complexity index is 160. The summed E-state index contributed by atoms with van der Waals surface area (Å²) in [6.07, 6.45) is 0. The fourth-order valence-electron chi connectivity index (χ4n) is 1.17. The third kappa shape index (κ3) is 9.69. The molecule has 0 saturated carbocycles. The summed E-state index contributed by atoms with van der Waals surface area (Å²) < 4.78 is 4.55. The minimum atomic E-state index is -0.318. The number of ether oxygens (including phenoxy) is 1. The van der Waals surface area contributed by atoms with Gasteiger partial charge in [-0.2, -0.15) is 0 Å². The van der Waals surface area contributed by atoms with Gasteiger partial charge in [-0.25, -0.2) is 0 Å². The van der Waals surface area contributed by atoms with Crippen LogP contribution in [0.1, 0.15) is 27.7 Å². The number of hydrogen-bond donors (Lipinski definition) is 1. The summed E-state index contributed by atoms with van der Waals surface area (Å²) in [6, 6.07) is 0. The van der Waals surface area contributed by atoms with Gasteiger partial charge in [0.1, 0.15) is 5.60 Å². The van der Waals surface area contributed by atoms with Crippen LogP contribution < -0.4 is 5.32 Å². The van der Waals surface area contributed by atoms with Gasteiger partial charge >= 0.3 is 0 Å². The summed E-state index contributed by atoms with van der Waals surface area (Å²) in [6.45, 7) is 14.2. The Kier molecular flexibility index (Phi) is 7.34. The van der Waals surface area contributed by atoms with E-state index < -0.39 is 0 Å². The maximum Gasteiger partial charge on any atom is 0.293 e. The molecule has 0 aromatic rings. The van der Waals surface area contributed by atoms with Gasteiger partial charge < -0.3 is 15.0 Å². The standard InChI is InChI=1S/C6H14N2.C5H10O2/c1-2-8-5-3-7-4-6-8;1-5(2,3)7-4-6/h7H,2-6H2,1H3;4H,1-3H3. The second kappa shape index (κ2) is 7.65. The van der Waals surface area contributed by atoms with Crippen molar-refractivity contribution < 1.29 is 9.53 Å². The molecule has 0 unspecified atom stereocenters. The van der Waals surface area contributed by atoms with E-state index in [1.54, 1.807) is 0 Å². The molecule has 4 heteroatoms. The van der Waals surface area contributed by atoms with E-state index in [1.807, 2.05) is 20.8 Å². The number of hydrogen-bond acceptors (Lipinski definition) is 4. The van der Waals surface area contributed by atoms with Gasteiger partial charge in [0.25, 0.3) is 6.47 Å². The summed E-state index contributed by atoms with van der Waals surface area (Å²) in [5.41, 5.74) is -0.318. The van der Waals surface area contributed by atoms with Crippen LogP contribution in [0.3, 0.4) is 0 Å². The molecule has 1 heterocycles. The third-order valence-corrected chi connectivity index (χ3v) is 2.06. The first-order valence-corrected chi connectivity index (χ1v) is 5.54. The van der Waals surface area contributed by atoms with Gasteiger partial charge in [-0.05, 0) is 27.3 Å². The number of rotatable bonds is 2. The smallest absolute Gasteiger partial charge is 0.293 e. The lowest BCUT2D eigenvalue weighted by atomic mass is 10.2. The molecule has 0 aliphatic carbocycles. The zero-order valence-corrected chi connectivity index (χ0v) is 10.4. The molecular formula is C11H24N2O2. The van der Waals surface area contributed by atoms with Gasteiger partial charge in [0.15, 0.2) is 0 Å². The van der Waals surface area contributed by atoms with E-state index in [9.17, 15) is 4.79 Å². The Morgan fingerprint density at radius 2 is 1.87 bits per heavy atom. The fourth-order valence-corrected chi connectivity index (χ4v) is 1.17. The molecule has 1 aliphatic heterocycles. The molecule has 1 rings (SSSR count). The molecule has 0 aromatic carbocycles. The number of piperazine rings is 1. The lowest BCUT2D eigenvalue weighted by Crippen LogP contribution is -2.43. The molecule has 0 aromatic heterocycles. The van der Waals surface area contributed by atoms with Crippen LogP contribution >= 0.6 is 0 Å². The van der Waals surface area contributed by atoms with Gasteiger partial charge in [-0.3, -0.25) is 4.79 Å². The highest BCUT2D eigenvalue weighted by molar-refractivity contribution is 5.37. The SMILES string of the molecule is CC(C)(C)OC=O.CCN1CCNCC1. The van der Waals surface area contributed by atoms with Crippen molar-refractivity contribution in [3.8, 4) is 0 Å². The van der Waals surface area contributed by atoms with Crippen molar-refractivity contribution in [3.63, 3.8) is 0 Å². The highest BCUT2D eigenvalue weighted by Crippen LogP contribution is 2.02. The molecule has 0 amide bonds. The number of nitrogens with one attached hydrogen (secondary N) is 1. The quantitative estimate of drug-likeness (QED) is 0.695. The average Bonchev–Trinajstić information content (AvgIpc) is 2.18. The minimum absolute atomic E-state index is 0.318. The summed E-state index contributed by atoms with van der Waals surface area (Å²) in [4.78, 5) is 12.1. The third-order valence-electron chi connectivity index (χ3n) is 2.06. The van der Waals surface area contributed by atoms with Gasteiger partial charge in [0.05, 0.1) is 0 Å². The van der Waals surface area contributed by atoms with Crippen molar-refractivity contribution in [1.29, 1.82) is 0 Å². The lowest BCUT2D eigenvalue weighted by Gasteiger charge is -2.25. The molecule has 4 nitrogen and oxygen atoms in total. The highest BCUT2D eigenvalue weighted by Gasteiger charge is 2.07. The average molecular weight is 216 g/mol. The zero-order valence-electron chi connectivity index (χ0n) is 10.4. The number of carbonyl (C=O) groups is 1. The van der Waals surface area contributed by atoms with Crippen LogP contribution in [0, 0.1) is 0 Å². The Morgan fingerprint density at radius 1 is 1.33 bits per heavy atom. The first-order valence-electron chi connectivity index (χ1n) is 5.54. The second-order valence-electron chi connectivity index (χ2n) is 4.51. The molecule has 1 saturated heterocycles. The maximum atomic E-state index is 9.60. The monoisotopic (exact) mass is 216 g/mol. The van der Waals surface area contributed by atoms with Crippen LogP contribution in [0.5, 0.6) is 0 Å². The first-order chi connectivity index (χ1) is 6.99. The van der Waals surface area contributed by atoms with E-state index in [0.717, 1.165) is 0 Å². The van der Waals surface area contributed by atoms with E-state index in [2.05, 4.69) is 21.9 Å². The maximum absolute atomic E-state index is 9.60. The minimum Gasteiger partial charge on any atom is -0.462 e. The number of likely N-dealkylation sites (N-methyl/N-ethyl adjacent to an activating group) is 1. The van der Waals surface area contributed by atoms with E-state index in [4.69, 9.17) is 0 Å². The van der Waals surface area contributed by atoms with Crippen LogP contribution in [0.15, 0.2) is 0 Å². The van der Waals surface area contributed by atoms with Crippen molar-refractivity contribution in [1.82, 2.24) is 10.2 Å². The Hall–Kier alpha value is -0.610. The van der Waals surface area contributed by atoms with Crippen molar-refractivity contribution in [2.24, 2.45) is 0 Å². The van der Waals surface area contributed by atoms with E-state index in [0.29, 0.717) is 6.47 Å². The van der Waals surface area contributed by atoms with Gasteiger partial charge in [-0.15, -0.1) is 0 Å². The predicted octanol–water partition coefficient (Wildman–Crippen LogP) is 0.869. The van der Waals surface area contributed by atoms with Crippen molar-refractivity contribution in [3.05, 3.63) is 0 Å². The molecule has 1 N–H and O–H groups in total. The summed E-state index contributed by atoms with van der Waals surface area (Å²) >= 11 is 0. The van der Waals surface area contributed by atoms with Crippen molar-refractivity contribution >= 4 is 6.47 Å². The molecule has 0 bridgehead atoms. The highest BCUT2D eigenvalue weighted by atomic mass is 16.5. The Morgan fingerprint density at radius 3 is 2.07 bits per heavy atom. The van der Waals surface area contributed by atoms with Gasteiger partial charge in [0, 0.05) is 26.2 Å². The Balaban J connectivity index is 0.000000265. The van der Waals surface area contributed by atoms with E-state index in [1.165, 1.54) is 32.7 Å². The van der Waals surface area contributed by atoms with Crippen LogP contribution in [0.2, 0.25) is 0 Å². The van der Waals surface area contributed by atoms with Crippen molar-refractivity contribution in [2.75, 3.05) is 32.7 Å². The Labute approximate surface area is 93.0 Å². The van der Waals surface area contributed by atoms with Crippen molar-refractivity contribution in [2.45, 2.75) is 33.3 Å². The first kappa shape index (κ1) is 14.4. The molecule has 1 aliphatic rings. The zero-order chi connectivity index (χ0) is 11.7. The van der Waals surface area contributed by atoms with Crippen LogP contribution in [-0.2, 0) is 9.53 Å². The lowest BCUT2D eigenvalue weighted by molar-refractivity contribution is -0.138. The largest absolute Gasteiger partial charge is 0.462 e. The fraction of sp³-hybridized carbons (Fsp3) is 0.909. The normalized spacial score (nSPS) is 17.6. The molecule has 90 valence electrons. The molecule has 0 spiro atoms. The van der Waals surface area contributed by atoms with E-state index >= 15 is 0 Å².